The molecule has 1 aromatic rings. The van der Waals surface area contributed by atoms with Crippen LogP contribution in [0.25, 0.3) is 0 Å². The zero-order valence-corrected chi connectivity index (χ0v) is 11.8. The maximum atomic E-state index is 13.3. The van der Waals surface area contributed by atoms with Crippen molar-refractivity contribution in [2.24, 2.45) is 0 Å². The summed E-state index contributed by atoms with van der Waals surface area (Å²) in [5.41, 5.74) is -2.49. The quantitative estimate of drug-likeness (QED) is 0.624. The van der Waals surface area contributed by atoms with Crippen molar-refractivity contribution in [3.63, 3.8) is 0 Å². The van der Waals surface area contributed by atoms with Gasteiger partial charge < -0.3 is 9.47 Å². The average molecular weight is 321 g/mol. The summed E-state index contributed by atoms with van der Waals surface area (Å²) < 4.78 is 49.5. The molecule has 1 atom stereocenters. The van der Waals surface area contributed by atoms with E-state index in [1.807, 2.05) is 0 Å². The van der Waals surface area contributed by atoms with Crippen LogP contribution >= 0.6 is 11.6 Å². The highest BCUT2D eigenvalue weighted by Gasteiger charge is 2.64. The highest BCUT2D eigenvalue weighted by molar-refractivity contribution is 6.30. The number of carbonyl (C=O) groups is 1. The number of hydrogen-bond donors (Lipinski definition) is 0. The van der Waals surface area contributed by atoms with Gasteiger partial charge in [0.15, 0.2) is 0 Å². The second kappa shape index (κ2) is 5.60. The molecular weight excluding hydrogens is 309 g/mol. The molecule has 0 aliphatic carbocycles. The van der Waals surface area contributed by atoms with Gasteiger partial charge in [-0.15, -0.1) is 0 Å². The molecule has 0 spiro atoms. The summed E-state index contributed by atoms with van der Waals surface area (Å²) in [6.45, 7) is 1.75. The van der Waals surface area contributed by atoms with Crippen LogP contribution in [0.3, 0.4) is 0 Å². The van der Waals surface area contributed by atoms with Crippen LogP contribution in [0.15, 0.2) is 36.1 Å². The minimum Gasteiger partial charge on any atom is -0.476 e. The number of carbonyl (C=O) groups excluding carboxylic acids is 1. The Balaban J connectivity index is 2.25. The molecule has 21 heavy (non-hydrogen) atoms. The minimum absolute atomic E-state index is 0.0549. The summed E-state index contributed by atoms with van der Waals surface area (Å²) in [5.74, 6) is -0.778. The summed E-state index contributed by atoms with van der Waals surface area (Å²) in [5, 5.41) is 0.331. The lowest BCUT2D eigenvalue weighted by atomic mass is 9.84. The van der Waals surface area contributed by atoms with E-state index in [0.29, 0.717) is 5.02 Å². The molecule has 1 aliphatic rings. The normalized spacial score (nSPS) is 23.4. The van der Waals surface area contributed by atoms with Gasteiger partial charge in [-0.05, 0) is 19.1 Å². The third-order valence-electron chi connectivity index (χ3n) is 3.06. The van der Waals surface area contributed by atoms with E-state index >= 15 is 0 Å². The Labute approximate surface area is 124 Å². The highest BCUT2D eigenvalue weighted by atomic mass is 35.5. The standard InChI is InChI=1S/C14H12ClF3O3/c1-2-20-12(19)7-11-8-13(21-11,14(16,17)18)9-3-5-10(15)6-4-9/h3-7H,2,8H2,1H3/b11-7+. The number of hydrogen-bond acceptors (Lipinski definition) is 3. The van der Waals surface area contributed by atoms with E-state index in [4.69, 9.17) is 16.3 Å². The number of esters is 1. The van der Waals surface area contributed by atoms with Crippen molar-refractivity contribution in [3.05, 3.63) is 46.7 Å². The zero-order chi connectivity index (χ0) is 15.7. The molecule has 0 aromatic heterocycles. The molecule has 1 aromatic carbocycles. The number of halogens is 4. The third kappa shape index (κ3) is 3.00. The van der Waals surface area contributed by atoms with E-state index in [-0.39, 0.29) is 17.9 Å². The number of ether oxygens (including phenoxy) is 2. The van der Waals surface area contributed by atoms with E-state index in [1.165, 1.54) is 24.3 Å². The van der Waals surface area contributed by atoms with Gasteiger partial charge in [0.25, 0.3) is 0 Å². The molecule has 1 aliphatic heterocycles. The van der Waals surface area contributed by atoms with Crippen molar-refractivity contribution in [2.75, 3.05) is 6.61 Å². The van der Waals surface area contributed by atoms with E-state index in [1.54, 1.807) is 6.92 Å². The summed E-state index contributed by atoms with van der Waals surface area (Å²) in [7, 11) is 0. The molecule has 2 rings (SSSR count). The van der Waals surface area contributed by atoms with Crippen LogP contribution in [0.5, 0.6) is 0 Å². The number of benzene rings is 1. The first-order valence-electron chi connectivity index (χ1n) is 6.17. The monoisotopic (exact) mass is 320 g/mol. The van der Waals surface area contributed by atoms with Gasteiger partial charge in [-0.2, -0.15) is 13.2 Å². The predicted octanol–water partition coefficient (Wildman–Crippen LogP) is 3.96. The minimum atomic E-state index is -4.60. The second-order valence-electron chi connectivity index (χ2n) is 4.47. The van der Waals surface area contributed by atoms with E-state index in [9.17, 15) is 18.0 Å². The fourth-order valence-electron chi connectivity index (χ4n) is 2.06. The maximum Gasteiger partial charge on any atom is 0.433 e. The predicted molar refractivity (Wildman–Crippen MR) is 69.6 cm³/mol. The van der Waals surface area contributed by atoms with Crippen molar-refractivity contribution >= 4 is 17.6 Å². The summed E-state index contributed by atoms with van der Waals surface area (Å²) in [4.78, 5) is 11.2. The van der Waals surface area contributed by atoms with Crippen LogP contribution in [-0.4, -0.2) is 18.8 Å². The van der Waals surface area contributed by atoms with Crippen molar-refractivity contribution in [3.8, 4) is 0 Å². The maximum absolute atomic E-state index is 13.3. The fraction of sp³-hybridized carbons (Fsp3) is 0.357. The molecule has 1 fully saturated rings. The van der Waals surface area contributed by atoms with Gasteiger partial charge in [0.05, 0.1) is 19.1 Å². The first kappa shape index (κ1) is 15.7. The summed E-state index contributed by atoms with van der Waals surface area (Å²) in [6, 6.07) is 5.25. The van der Waals surface area contributed by atoms with Crippen molar-refractivity contribution < 1.29 is 27.4 Å². The molecule has 114 valence electrons. The van der Waals surface area contributed by atoms with Crippen molar-refractivity contribution in [1.29, 1.82) is 0 Å². The molecule has 0 saturated carbocycles. The van der Waals surface area contributed by atoms with E-state index < -0.39 is 24.2 Å². The molecule has 1 saturated heterocycles. The lowest BCUT2D eigenvalue weighted by Gasteiger charge is -2.45. The highest BCUT2D eigenvalue weighted by Crippen LogP contribution is 2.54. The number of rotatable bonds is 3. The lowest BCUT2D eigenvalue weighted by molar-refractivity contribution is -0.309. The van der Waals surface area contributed by atoms with Crippen LogP contribution in [0.1, 0.15) is 18.9 Å². The van der Waals surface area contributed by atoms with Crippen LogP contribution in [0, 0.1) is 0 Å². The fourth-order valence-corrected chi connectivity index (χ4v) is 2.18. The van der Waals surface area contributed by atoms with Crippen molar-refractivity contribution in [2.45, 2.75) is 25.1 Å². The number of alkyl halides is 3. The molecule has 3 nitrogen and oxygen atoms in total. The van der Waals surface area contributed by atoms with Gasteiger partial charge in [-0.25, -0.2) is 4.79 Å². The molecule has 0 radical (unpaired) electrons. The molecule has 0 bridgehead atoms. The van der Waals surface area contributed by atoms with Gasteiger partial charge >= 0.3 is 12.1 Å². The average Bonchev–Trinajstić information content (AvgIpc) is 2.33. The first-order chi connectivity index (χ1) is 9.78. The lowest BCUT2D eigenvalue weighted by Crippen LogP contribution is -2.51. The molecule has 7 heteroatoms. The molecule has 0 N–H and O–H groups in total. The van der Waals surface area contributed by atoms with Gasteiger partial charge in [0.1, 0.15) is 5.76 Å². The Hall–Kier alpha value is -1.69. The van der Waals surface area contributed by atoms with Crippen LogP contribution in [0.2, 0.25) is 5.02 Å². The topological polar surface area (TPSA) is 35.5 Å². The first-order valence-corrected chi connectivity index (χ1v) is 6.55. The Morgan fingerprint density at radius 3 is 2.48 bits per heavy atom. The smallest absolute Gasteiger partial charge is 0.433 e. The Kier molecular flexibility index (Phi) is 4.18. The SMILES string of the molecule is CCOC(=O)/C=C1\CC(c2ccc(Cl)cc2)(C(F)(F)F)O1. The Bertz CT molecular complexity index is 556. The molecular formula is C14H12ClF3O3. The van der Waals surface area contributed by atoms with Gasteiger partial charge in [0.2, 0.25) is 5.60 Å². The molecule has 1 unspecified atom stereocenters. The molecule has 1 heterocycles. The second-order valence-corrected chi connectivity index (χ2v) is 4.91. The van der Waals surface area contributed by atoms with Gasteiger partial charge in [0, 0.05) is 10.6 Å². The summed E-state index contributed by atoms with van der Waals surface area (Å²) >= 11 is 5.67. The Morgan fingerprint density at radius 2 is 2.00 bits per heavy atom. The largest absolute Gasteiger partial charge is 0.476 e. The van der Waals surface area contributed by atoms with Crippen molar-refractivity contribution in [1.82, 2.24) is 0 Å². The van der Waals surface area contributed by atoms with Gasteiger partial charge in [-0.3, -0.25) is 0 Å². The van der Waals surface area contributed by atoms with Crippen LogP contribution in [-0.2, 0) is 19.9 Å². The molecule has 0 amide bonds. The van der Waals surface area contributed by atoms with Gasteiger partial charge in [-0.1, -0.05) is 23.7 Å². The third-order valence-corrected chi connectivity index (χ3v) is 3.31. The van der Waals surface area contributed by atoms with Crippen LogP contribution in [0.4, 0.5) is 13.2 Å². The van der Waals surface area contributed by atoms with Crippen LogP contribution < -0.4 is 0 Å². The zero-order valence-electron chi connectivity index (χ0n) is 11.0. The van der Waals surface area contributed by atoms with E-state index in [0.717, 1.165) is 6.08 Å². The van der Waals surface area contributed by atoms with E-state index in [2.05, 4.69) is 4.74 Å². The summed E-state index contributed by atoms with van der Waals surface area (Å²) in [6.07, 6.45) is -4.12. The Morgan fingerprint density at radius 1 is 1.43 bits per heavy atom.